The lowest BCUT2D eigenvalue weighted by atomic mass is 10.1. The van der Waals surface area contributed by atoms with E-state index in [0.717, 1.165) is 45.0 Å². The first-order valence-corrected chi connectivity index (χ1v) is 11.3. The summed E-state index contributed by atoms with van der Waals surface area (Å²) in [7, 11) is 1.83. The van der Waals surface area contributed by atoms with Crippen molar-refractivity contribution in [3.8, 4) is 16.9 Å². The minimum atomic E-state index is -0.0223. The Hall–Kier alpha value is -3.19. The smallest absolute Gasteiger partial charge is 0.257 e. The van der Waals surface area contributed by atoms with Crippen LogP contribution in [0.2, 0.25) is 0 Å². The van der Waals surface area contributed by atoms with Gasteiger partial charge < -0.3 is 9.42 Å². The number of hydrogen-bond donors (Lipinski definition) is 0. The summed E-state index contributed by atoms with van der Waals surface area (Å²) in [6.45, 7) is 4.42. The van der Waals surface area contributed by atoms with Crippen LogP contribution in [0.1, 0.15) is 33.9 Å². The number of aryl methyl sites for hydroxylation is 2. The second-order valence-electron chi connectivity index (χ2n) is 7.81. The number of benzene rings is 2. The number of amides is 1. The zero-order chi connectivity index (χ0) is 22.7. The van der Waals surface area contributed by atoms with Gasteiger partial charge in [-0.3, -0.25) is 4.79 Å². The summed E-state index contributed by atoms with van der Waals surface area (Å²) in [5, 5.41) is 8.76. The molecule has 4 aromatic rings. The van der Waals surface area contributed by atoms with Crippen LogP contribution in [0.5, 0.6) is 0 Å². The summed E-state index contributed by atoms with van der Waals surface area (Å²) in [5.41, 5.74) is 5.01. The molecule has 6 nitrogen and oxygen atoms in total. The molecule has 0 fully saturated rings. The molecule has 0 bridgehead atoms. The lowest BCUT2D eigenvalue weighted by molar-refractivity contribution is 0.0791. The molecule has 0 radical (unpaired) electrons. The molecular weight excluding hydrogens is 468 g/mol. The van der Waals surface area contributed by atoms with Crippen molar-refractivity contribution in [3.05, 3.63) is 87.8 Å². The van der Waals surface area contributed by atoms with Crippen LogP contribution in [-0.2, 0) is 6.42 Å². The molecule has 4 rings (SSSR count). The monoisotopic (exact) mass is 492 g/mol. The second-order valence-corrected chi connectivity index (χ2v) is 8.72. The van der Waals surface area contributed by atoms with Crippen molar-refractivity contribution in [2.24, 2.45) is 0 Å². The molecule has 7 heteroatoms. The van der Waals surface area contributed by atoms with E-state index in [1.165, 1.54) is 0 Å². The highest BCUT2D eigenvalue weighted by atomic mass is 79.9. The van der Waals surface area contributed by atoms with E-state index in [2.05, 4.69) is 26.2 Å². The predicted molar refractivity (Wildman–Crippen MR) is 128 cm³/mol. The zero-order valence-electron chi connectivity index (χ0n) is 18.4. The van der Waals surface area contributed by atoms with Gasteiger partial charge in [-0.15, -0.1) is 0 Å². The van der Waals surface area contributed by atoms with Gasteiger partial charge >= 0.3 is 0 Å². The fourth-order valence-electron chi connectivity index (χ4n) is 3.74. The van der Waals surface area contributed by atoms with Crippen LogP contribution in [0, 0.1) is 13.8 Å². The first-order chi connectivity index (χ1) is 15.4. The lowest BCUT2D eigenvalue weighted by Crippen LogP contribution is -2.29. The SMILES string of the molecule is Cc1nn(-c2ccc(Br)cc2)c(C)c1C(=O)N(C)CCCc1cc(-c2ccccc2)no1. The molecule has 2 heterocycles. The van der Waals surface area contributed by atoms with Crippen molar-refractivity contribution in [2.45, 2.75) is 26.7 Å². The number of carbonyl (C=O) groups is 1. The van der Waals surface area contributed by atoms with Crippen LogP contribution >= 0.6 is 15.9 Å². The number of rotatable bonds is 7. The fraction of sp³-hybridized carbons (Fsp3) is 0.240. The van der Waals surface area contributed by atoms with Gasteiger partial charge in [-0.05, 0) is 44.5 Å². The number of nitrogens with zero attached hydrogens (tertiary/aromatic N) is 4. The molecule has 0 aliphatic heterocycles. The predicted octanol–water partition coefficient (Wildman–Crippen LogP) is 5.61. The topological polar surface area (TPSA) is 64.2 Å². The summed E-state index contributed by atoms with van der Waals surface area (Å²) in [5.74, 6) is 0.797. The third-order valence-electron chi connectivity index (χ3n) is 5.47. The van der Waals surface area contributed by atoms with Crippen LogP contribution in [0.25, 0.3) is 16.9 Å². The Morgan fingerprint density at radius 3 is 2.53 bits per heavy atom. The van der Waals surface area contributed by atoms with Crippen LogP contribution in [0.3, 0.4) is 0 Å². The summed E-state index contributed by atoms with van der Waals surface area (Å²) in [6.07, 6.45) is 1.50. The molecule has 2 aromatic heterocycles. The molecule has 0 atom stereocenters. The number of aromatic nitrogens is 3. The molecule has 0 saturated heterocycles. The highest BCUT2D eigenvalue weighted by Crippen LogP contribution is 2.22. The number of halogens is 1. The van der Waals surface area contributed by atoms with E-state index in [9.17, 15) is 4.79 Å². The molecule has 0 spiro atoms. The van der Waals surface area contributed by atoms with E-state index in [1.54, 1.807) is 4.90 Å². The molecule has 0 unspecified atom stereocenters. The molecular formula is C25H25BrN4O2. The summed E-state index contributed by atoms with van der Waals surface area (Å²) in [6, 6.07) is 19.8. The van der Waals surface area contributed by atoms with Crippen LogP contribution in [-0.4, -0.2) is 39.3 Å². The molecule has 0 aliphatic carbocycles. The number of hydrogen-bond acceptors (Lipinski definition) is 4. The highest BCUT2D eigenvalue weighted by Gasteiger charge is 2.22. The van der Waals surface area contributed by atoms with E-state index in [4.69, 9.17) is 4.52 Å². The van der Waals surface area contributed by atoms with Gasteiger partial charge in [0.25, 0.3) is 5.91 Å². The van der Waals surface area contributed by atoms with Crippen molar-refractivity contribution >= 4 is 21.8 Å². The van der Waals surface area contributed by atoms with Gasteiger partial charge in [0.2, 0.25) is 0 Å². The van der Waals surface area contributed by atoms with Gasteiger partial charge in [0.1, 0.15) is 11.5 Å². The summed E-state index contributed by atoms with van der Waals surface area (Å²) in [4.78, 5) is 14.9. The van der Waals surface area contributed by atoms with Crippen molar-refractivity contribution in [1.29, 1.82) is 0 Å². The maximum atomic E-state index is 13.1. The minimum Gasteiger partial charge on any atom is -0.361 e. The first kappa shape index (κ1) is 22.0. The maximum Gasteiger partial charge on any atom is 0.257 e. The molecule has 1 amide bonds. The molecule has 0 saturated carbocycles. The van der Waals surface area contributed by atoms with Gasteiger partial charge in [-0.1, -0.05) is 51.4 Å². The third-order valence-corrected chi connectivity index (χ3v) is 6.00. The third kappa shape index (κ3) is 4.67. The van der Waals surface area contributed by atoms with Gasteiger partial charge in [0, 0.05) is 36.1 Å². The van der Waals surface area contributed by atoms with Crippen molar-refractivity contribution in [3.63, 3.8) is 0 Å². The van der Waals surface area contributed by atoms with Gasteiger partial charge in [0.15, 0.2) is 0 Å². The number of carbonyl (C=O) groups excluding carboxylic acids is 1. The summed E-state index contributed by atoms with van der Waals surface area (Å²) >= 11 is 3.45. The van der Waals surface area contributed by atoms with Gasteiger partial charge in [-0.25, -0.2) is 4.68 Å². The van der Waals surface area contributed by atoms with Crippen LogP contribution < -0.4 is 0 Å². The van der Waals surface area contributed by atoms with Crippen molar-refractivity contribution in [2.75, 3.05) is 13.6 Å². The Bertz CT molecular complexity index is 1210. The van der Waals surface area contributed by atoms with E-state index in [1.807, 2.05) is 86.2 Å². The Morgan fingerprint density at radius 2 is 1.81 bits per heavy atom. The van der Waals surface area contributed by atoms with Crippen LogP contribution in [0.4, 0.5) is 0 Å². The van der Waals surface area contributed by atoms with E-state index < -0.39 is 0 Å². The van der Waals surface area contributed by atoms with Gasteiger partial charge in [-0.2, -0.15) is 5.10 Å². The molecule has 0 aliphatic rings. The quantitative estimate of drug-likeness (QED) is 0.336. The summed E-state index contributed by atoms with van der Waals surface area (Å²) < 4.78 is 8.30. The molecule has 2 aromatic carbocycles. The van der Waals surface area contributed by atoms with E-state index >= 15 is 0 Å². The maximum absolute atomic E-state index is 13.1. The van der Waals surface area contributed by atoms with E-state index in [-0.39, 0.29) is 5.91 Å². The molecule has 32 heavy (non-hydrogen) atoms. The van der Waals surface area contributed by atoms with Gasteiger partial charge in [0.05, 0.1) is 22.6 Å². The molecule has 164 valence electrons. The standard InChI is InChI=1S/C25H25BrN4O2/c1-17-24(18(2)30(27-17)21-13-11-20(26)12-14-21)25(31)29(3)15-7-10-22-16-23(28-32-22)19-8-5-4-6-9-19/h4-6,8-9,11-14,16H,7,10,15H2,1-3H3. The molecule has 0 N–H and O–H groups in total. The first-order valence-electron chi connectivity index (χ1n) is 10.5. The normalized spacial score (nSPS) is 11.0. The Labute approximate surface area is 196 Å². The highest BCUT2D eigenvalue weighted by molar-refractivity contribution is 9.10. The Morgan fingerprint density at radius 1 is 1.09 bits per heavy atom. The van der Waals surface area contributed by atoms with E-state index in [0.29, 0.717) is 18.5 Å². The minimum absolute atomic E-state index is 0.0223. The van der Waals surface area contributed by atoms with Crippen molar-refractivity contribution in [1.82, 2.24) is 19.8 Å². The van der Waals surface area contributed by atoms with Crippen molar-refractivity contribution < 1.29 is 9.32 Å². The Kier molecular flexibility index (Phi) is 6.55. The second kappa shape index (κ2) is 9.53. The lowest BCUT2D eigenvalue weighted by Gasteiger charge is -2.17. The average molecular weight is 493 g/mol. The Balaban J connectivity index is 1.39. The average Bonchev–Trinajstić information content (AvgIpc) is 3.38. The fourth-order valence-corrected chi connectivity index (χ4v) is 4.01. The zero-order valence-corrected chi connectivity index (χ0v) is 20.0. The van der Waals surface area contributed by atoms with Crippen LogP contribution in [0.15, 0.2) is 69.7 Å². The largest absolute Gasteiger partial charge is 0.361 e.